The van der Waals surface area contributed by atoms with Gasteiger partial charge in [-0.2, -0.15) is 0 Å². The van der Waals surface area contributed by atoms with Gasteiger partial charge in [-0.3, -0.25) is 0 Å². The Morgan fingerprint density at radius 1 is 1.26 bits per heavy atom. The normalized spacial score (nSPS) is 16.5. The number of imidazole rings is 1. The Morgan fingerprint density at radius 2 is 2.05 bits per heavy atom. The van der Waals surface area contributed by atoms with Crippen LogP contribution in [-0.4, -0.2) is 39.1 Å². The second-order valence-corrected chi connectivity index (χ2v) is 5.43. The molecule has 0 spiro atoms. The maximum atomic E-state index is 6.03. The number of fused-ring (bicyclic) bond motifs is 1. The van der Waals surface area contributed by atoms with Crippen LogP contribution < -0.4 is 0 Å². The predicted molar refractivity (Wildman–Crippen MR) is 77.5 cm³/mol. The molecule has 0 aliphatic carbocycles. The number of alkyl halides is 1. The maximum Gasteiger partial charge on any atom is 0.160 e. The fourth-order valence-corrected chi connectivity index (χ4v) is 2.97. The molecule has 19 heavy (non-hydrogen) atoms. The van der Waals surface area contributed by atoms with Crippen molar-refractivity contribution < 1.29 is 0 Å². The number of likely N-dealkylation sites (tertiary alicyclic amines) is 1. The highest BCUT2D eigenvalue weighted by atomic mass is 35.5. The summed E-state index contributed by atoms with van der Waals surface area (Å²) in [4.78, 5) is 11.6. The van der Waals surface area contributed by atoms with Gasteiger partial charge >= 0.3 is 0 Å². The Kier molecular flexibility index (Phi) is 3.71. The zero-order valence-corrected chi connectivity index (χ0v) is 12.0. The number of halogens is 1. The molecule has 0 bridgehead atoms. The lowest BCUT2D eigenvalue weighted by Gasteiger charge is -2.15. The summed E-state index contributed by atoms with van der Waals surface area (Å²) >= 11 is 6.03. The van der Waals surface area contributed by atoms with Gasteiger partial charge in [-0.1, -0.05) is 0 Å². The van der Waals surface area contributed by atoms with Gasteiger partial charge in [-0.15, -0.1) is 11.6 Å². The zero-order chi connectivity index (χ0) is 13.2. The Morgan fingerprint density at radius 3 is 2.79 bits per heavy atom. The summed E-state index contributed by atoms with van der Waals surface area (Å²) < 4.78 is 2.17. The van der Waals surface area contributed by atoms with Crippen LogP contribution in [0.25, 0.3) is 11.2 Å². The summed E-state index contributed by atoms with van der Waals surface area (Å²) in [6.07, 6.45) is 4.50. The van der Waals surface area contributed by atoms with Gasteiger partial charge in [0.15, 0.2) is 5.65 Å². The van der Waals surface area contributed by atoms with Gasteiger partial charge in [-0.05, 0) is 44.5 Å². The first kappa shape index (κ1) is 12.9. The molecule has 0 saturated carbocycles. The Hall–Kier alpha value is -1.13. The molecule has 0 N–H and O–H groups in total. The SMILES string of the molecule is Cc1ccnc2c1nc(CCl)n2CCN1CCCC1. The van der Waals surface area contributed by atoms with Gasteiger partial charge in [-0.25, -0.2) is 9.97 Å². The predicted octanol–water partition coefficient (Wildman–Crippen LogP) is 2.57. The minimum absolute atomic E-state index is 0.440. The molecule has 0 aromatic carbocycles. The summed E-state index contributed by atoms with van der Waals surface area (Å²) in [7, 11) is 0. The van der Waals surface area contributed by atoms with Crippen molar-refractivity contribution in [3.05, 3.63) is 23.7 Å². The van der Waals surface area contributed by atoms with Gasteiger partial charge in [0.2, 0.25) is 0 Å². The van der Waals surface area contributed by atoms with E-state index in [1.54, 1.807) is 0 Å². The van der Waals surface area contributed by atoms with Crippen molar-refractivity contribution in [2.24, 2.45) is 0 Å². The molecular formula is C14H19ClN4. The van der Waals surface area contributed by atoms with E-state index in [2.05, 4.69) is 26.4 Å². The highest BCUT2D eigenvalue weighted by Gasteiger charge is 2.15. The van der Waals surface area contributed by atoms with Crippen molar-refractivity contribution in [1.82, 2.24) is 19.4 Å². The van der Waals surface area contributed by atoms with E-state index in [4.69, 9.17) is 11.6 Å². The molecule has 5 heteroatoms. The second kappa shape index (κ2) is 5.47. The lowest BCUT2D eigenvalue weighted by Crippen LogP contribution is -2.24. The van der Waals surface area contributed by atoms with E-state index >= 15 is 0 Å². The highest BCUT2D eigenvalue weighted by Crippen LogP contribution is 2.19. The number of nitrogens with zero attached hydrogens (tertiary/aromatic N) is 4. The number of aryl methyl sites for hydroxylation is 1. The topological polar surface area (TPSA) is 34.0 Å². The summed E-state index contributed by atoms with van der Waals surface area (Å²) in [5.74, 6) is 1.37. The molecule has 2 aromatic heterocycles. The molecule has 0 amide bonds. The average molecular weight is 279 g/mol. The molecular weight excluding hydrogens is 260 g/mol. The van der Waals surface area contributed by atoms with Crippen LogP contribution in [0, 0.1) is 6.92 Å². The lowest BCUT2D eigenvalue weighted by atomic mass is 10.3. The molecule has 1 saturated heterocycles. The van der Waals surface area contributed by atoms with Crippen LogP contribution in [0.5, 0.6) is 0 Å². The highest BCUT2D eigenvalue weighted by molar-refractivity contribution is 6.16. The number of rotatable bonds is 4. The Balaban J connectivity index is 1.89. The third-order valence-corrected chi connectivity index (χ3v) is 4.11. The zero-order valence-electron chi connectivity index (χ0n) is 11.3. The quantitative estimate of drug-likeness (QED) is 0.806. The summed E-state index contributed by atoms with van der Waals surface area (Å²) in [6.45, 7) is 6.49. The summed E-state index contributed by atoms with van der Waals surface area (Å²) in [6, 6.07) is 2.00. The van der Waals surface area contributed by atoms with Crippen LogP contribution in [0.4, 0.5) is 0 Å². The van der Waals surface area contributed by atoms with Crippen LogP contribution in [0.15, 0.2) is 12.3 Å². The molecule has 4 nitrogen and oxygen atoms in total. The van der Waals surface area contributed by atoms with Gasteiger partial charge in [0.1, 0.15) is 11.3 Å². The largest absolute Gasteiger partial charge is 0.310 e. The molecule has 3 heterocycles. The molecule has 3 rings (SSSR count). The fraction of sp³-hybridized carbons (Fsp3) is 0.571. The first-order valence-corrected chi connectivity index (χ1v) is 7.42. The van der Waals surface area contributed by atoms with Crippen molar-refractivity contribution in [2.75, 3.05) is 19.6 Å². The van der Waals surface area contributed by atoms with Crippen LogP contribution in [-0.2, 0) is 12.4 Å². The number of aromatic nitrogens is 3. The van der Waals surface area contributed by atoms with E-state index in [0.29, 0.717) is 5.88 Å². The van der Waals surface area contributed by atoms with E-state index in [1.165, 1.54) is 25.9 Å². The van der Waals surface area contributed by atoms with Crippen molar-refractivity contribution in [2.45, 2.75) is 32.2 Å². The molecule has 2 aromatic rings. The molecule has 1 aliphatic rings. The van der Waals surface area contributed by atoms with Crippen LogP contribution in [0.2, 0.25) is 0 Å². The summed E-state index contributed by atoms with van der Waals surface area (Å²) in [5.41, 5.74) is 3.12. The lowest BCUT2D eigenvalue weighted by molar-refractivity contribution is 0.322. The first-order valence-electron chi connectivity index (χ1n) is 6.88. The van der Waals surface area contributed by atoms with Crippen molar-refractivity contribution in [1.29, 1.82) is 0 Å². The fourth-order valence-electron chi connectivity index (χ4n) is 2.77. The monoisotopic (exact) mass is 278 g/mol. The van der Waals surface area contributed by atoms with Gasteiger partial charge < -0.3 is 9.47 Å². The van der Waals surface area contributed by atoms with Gasteiger partial charge in [0.05, 0.1) is 5.88 Å². The maximum absolute atomic E-state index is 6.03. The minimum atomic E-state index is 0.440. The van der Waals surface area contributed by atoms with E-state index in [0.717, 1.165) is 35.6 Å². The van der Waals surface area contributed by atoms with E-state index in [1.807, 2.05) is 12.3 Å². The number of pyridine rings is 1. The second-order valence-electron chi connectivity index (χ2n) is 5.16. The van der Waals surface area contributed by atoms with Gasteiger partial charge in [0.25, 0.3) is 0 Å². The minimum Gasteiger partial charge on any atom is -0.310 e. The number of hydrogen-bond acceptors (Lipinski definition) is 3. The van der Waals surface area contributed by atoms with Crippen molar-refractivity contribution in [3.63, 3.8) is 0 Å². The van der Waals surface area contributed by atoms with Crippen LogP contribution in [0.3, 0.4) is 0 Å². The standard InChI is InChI=1S/C14H19ClN4/c1-11-4-5-16-14-13(11)17-12(10-15)19(14)9-8-18-6-2-3-7-18/h4-5H,2-3,6-10H2,1H3. The van der Waals surface area contributed by atoms with Gasteiger partial charge in [0, 0.05) is 19.3 Å². The molecule has 0 unspecified atom stereocenters. The first-order chi connectivity index (χ1) is 9.29. The third-order valence-electron chi connectivity index (χ3n) is 3.87. The van der Waals surface area contributed by atoms with E-state index in [9.17, 15) is 0 Å². The van der Waals surface area contributed by atoms with Crippen LogP contribution in [0.1, 0.15) is 24.2 Å². The molecule has 0 atom stereocenters. The molecule has 0 radical (unpaired) electrons. The third kappa shape index (κ3) is 2.47. The molecule has 1 fully saturated rings. The molecule has 1 aliphatic heterocycles. The smallest absolute Gasteiger partial charge is 0.160 e. The number of hydrogen-bond donors (Lipinski definition) is 0. The Labute approximate surface area is 118 Å². The van der Waals surface area contributed by atoms with E-state index in [-0.39, 0.29) is 0 Å². The van der Waals surface area contributed by atoms with Crippen molar-refractivity contribution in [3.8, 4) is 0 Å². The van der Waals surface area contributed by atoms with E-state index < -0.39 is 0 Å². The summed E-state index contributed by atoms with van der Waals surface area (Å²) in [5, 5.41) is 0. The molecule has 102 valence electrons. The Bertz CT molecular complexity index is 572. The average Bonchev–Trinajstić information content (AvgIpc) is 3.03. The van der Waals surface area contributed by atoms with Crippen LogP contribution >= 0.6 is 11.6 Å². The van der Waals surface area contributed by atoms with Crippen molar-refractivity contribution >= 4 is 22.8 Å².